The molecule has 1 aliphatic carbocycles. The average Bonchev–Trinajstić information content (AvgIpc) is 3.01. The minimum atomic E-state index is -1.16. The van der Waals surface area contributed by atoms with Crippen molar-refractivity contribution in [1.29, 1.82) is 0 Å². The largest absolute Gasteiger partial charge is 0.371 e. The molecule has 0 amide bonds. The molecule has 23 heavy (non-hydrogen) atoms. The van der Waals surface area contributed by atoms with E-state index in [1.807, 2.05) is 0 Å². The van der Waals surface area contributed by atoms with Crippen LogP contribution in [0.15, 0.2) is 24.3 Å². The second-order valence-electron chi connectivity index (χ2n) is 8.81. The fourth-order valence-electron chi connectivity index (χ4n) is 5.80. The van der Waals surface area contributed by atoms with Crippen LogP contribution in [0.1, 0.15) is 52.9 Å². The highest BCUT2D eigenvalue weighted by Gasteiger charge is 2.63. The molecule has 0 spiro atoms. The van der Waals surface area contributed by atoms with E-state index < -0.39 is 11.4 Å². The van der Waals surface area contributed by atoms with Crippen LogP contribution in [-0.4, -0.2) is 28.7 Å². The second-order valence-corrected chi connectivity index (χ2v) is 8.81. The van der Waals surface area contributed by atoms with Gasteiger partial charge in [-0.15, -0.1) is 0 Å². The Balaban J connectivity index is 1.79. The molecule has 4 rings (SSSR count). The maximum absolute atomic E-state index is 10.9. The number of hydrogen-bond donors (Lipinski definition) is 1. The third-order valence-corrected chi connectivity index (χ3v) is 7.07. The molecule has 3 nitrogen and oxygen atoms in total. The van der Waals surface area contributed by atoms with Crippen LogP contribution in [0.2, 0.25) is 0 Å². The fourth-order valence-corrected chi connectivity index (χ4v) is 5.80. The van der Waals surface area contributed by atoms with Crippen molar-refractivity contribution in [1.82, 2.24) is 0 Å². The van der Waals surface area contributed by atoms with E-state index in [-0.39, 0.29) is 12.2 Å². The summed E-state index contributed by atoms with van der Waals surface area (Å²) in [6, 6.07) is 0. The number of rotatable bonds is 1. The van der Waals surface area contributed by atoms with Crippen molar-refractivity contribution in [2.24, 2.45) is 23.7 Å². The predicted molar refractivity (Wildman–Crippen MR) is 89.8 cm³/mol. The van der Waals surface area contributed by atoms with Gasteiger partial charge in [-0.05, 0) is 43.6 Å². The maximum Gasteiger partial charge on any atom is 0.188 e. The number of ether oxygens (including phenoxy) is 2. The normalized spacial score (nSPS) is 52.5. The molecule has 0 radical (unpaired) electrons. The van der Waals surface area contributed by atoms with Gasteiger partial charge < -0.3 is 14.6 Å². The van der Waals surface area contributed by atoms with Gasteiger partial charge in [0.25, 0.3) is 0 Å². The van der Waals surface area contributed by atoms with Gasteiger partial charge in [-0.3, -0.25) is 0 Å². The van der Waals surface area contributed by atoms with Crippen molar-refractivity contribution in [2.75, 3.05) is 0 Å². The summed E-state index contributed by atoms with van der Waals surface area (Å²) in [5.74, 6) is 0.965. The molecule has 1 N–H and O–H groups in total. The Morgan fingerprint density at radius 3 is 2.70 bits per heavy atom. The summed E-state index contributed by atoms with van der Waals surface area (Å²) < 4.78 is 12.8. The fraction of sp³-hybridized carbons (Fsp3) is 0.800. The van der Waals surface area contributed by atoms with Crippen molar-refractivity contribution in [3.63, 3.8) is 0 Å². The number of fused-ring (bicyclic) bond motifs is 8. The average molecular weight is 318 g/mol. The topological polar surface area (TPSA) is 38.7 Å². The molecule has 4 aliphatic rings. The summed E-state index contributed by atoms with van der Waals surface area (Å²) in [5.41, 5.74) is 1.70. The number of aliphatic hydroxyl groups is 1. The van der Waals surface area contributed by atoms with Crippen LogP contribution in [0.4, 0.5) is 0 Å². The monoisotopic (exact) mass is 318 g/mol. The molecule has 1 saturated carbocycles. The Kier molecular flexibility index (Phi) is 3.40. The van der Waals surface area contributed by atoms with E-state index in [0.29, 0.717) is 36.5 Å². The Hall–Kier alpha value is -0.640. The van der Waals surface area contributed by atoms with E-state index in [2.05, 4.69) is 33.9 Å². The first-order valence-electron chi connectivity index (χ1n) is 9.19. The third kappa shape index (κ3) is 2.13. The van der Waals surface area contributed by atoms with E-state index in [1.54, 1.807) is 0 Å². The Morgan fingerprint density at radius 2 is 2.00 bits per heavy atom. The van der Waals surface area contributed by atoms with Gasteiger partial charge >= 0.3 is 0 Å². The summed E-state index contributed by atoms with van der Waals surface area (Å²) in [6.45, 7) is 15.3. The minimum Gasteiger partial charge on any atom is -0.371 e. The van der Waals surface area contributed by atoms with Crippen LogP contribution in [-0.2, 0) is 9.47 Å². The molecular weight excluding hydrogens is 288 g/mol. The Bertz CT molecular complexity index is 553. The molecular formula is C20H30O3. The van der Waals surface area contributed by atoms with Gasteiger partial charge in [-0.25, -0.2) is 0 Å². The molecule has 0 aromatic rings. The molecule has 0 aromatic heterocycles. The third-order valence-electron chi connectivity index (χ3n) is 7.07. The number of hydrogen-bond acceptors (Lipinski definition) is 3. The maximum atomic E-state index is 10.9. The first kappa shape index (κ1) is 15.9. The molecule has 128 valence electrons. The van der Waals surface area contributed by atoms with Gasteiger partial charge in [-0.1, -0.05) is 32.6 Å². The van der Waals surface area contributed by atoms with E-state index in [1.165, 1.54) is 12.0 Å². The molecule has 3 aliphatic heterocycles. The van der Waals surface area contributed by atoms with E-state index in [9.17, 15) is 5.11 Å². The Morgan fingerprint density at radius 1 is 1.26 bits per heavy atom. The standard InChI is InChI=1S/C20H30O3/c1-11(2)14-7-6-12(3)16-15-10-13(4)20(21)9-8-19(5,23-20)18(22-15)17(14)16/h11,14-18,21H,3-4,6-10H2,1-2,5H3/t14-,15-,16-,17-,18-,19+,20-/m1/s1. The van der Waals surface area contributed by atoms with Gasteiger partial charge in [0.15, 0.2) is 5.79 Å². The zero-order chi connectivity index (χ0) is 16.6. The molecule has 3 saturated heterocycles. The quantitative estimate of drug-likeness (QED) is 0.747. The van der Waals surface area contributed by atoms with Crippen molar-refractivity contribution in [3.8, 4) is 0 Å². The van der Waals surface area contributed by atoms with Gasteiger partial charge in [0.2, 0.25) is 0 Å². The lowest BCUT2D eigenvalue weighted by molar-refractivity contribution is -0.241. The highest BCUT2D eigenvalue weighted by Crippen LogP contribution is 2.59. The summed E-state index contributed by atoms with van der Waals surface area (Å²) in [7, 11) is 0. The van der Waals surface area contributed by atoms with Crippen LogP contribution >= 0.6 is 0 Å². The minimum absolute atomic E-state index is 0.0593. The van der Waals surface area contributed by atoms with E-state index in [4.69, 9.17) is 9.47 Å². The zero-order valence-electron chi connectivity index (χ0n) is 14.7. The van der Waals surface area contributed by atoms with Gasteiger partial charge in [0.1, 0.15) is 0 Å². The summed E-state index contributed by atoms with van der Waals surface area (Å²) in [4.78, 5) is 0. The van der Waals surface area contributed by atoms with Crippen molar-refractivity contribution in [3.05, 3.63) is 24.3 Å². The van der Waals surface area contributed by atoms with Gasteiger partial charge in [0, 0.05) is 24.7 Å². The predicted octanol–water partition coefficient (Wildman–Crippen LogP) is 3.83. The summed E-state index contributed by atoms with van der Waals surface area (Å²) >= 11 is 0. The molecule has 4 fully saturated rings. The molecule has 0 aromatic carbocycles. The van der Waals surface area contributed by atoms with Crippen molar-refractivity contribution < 1.29 is 14.6 Å². The van der Waals surface area contributed by atoms with Gasteiger partial charge in [-0.2, -0.15) is 0 Å². The van der Waals surface area contributed by atoms with Crippen LogP contribution in [0.25, 0.3) is 0 Å². The van der Waals surface area contributed by atoms with E-state index in [0.717, 1.165) is 18.4 Å². The van der Waals surface area contributed by atoms with Crippen molar-refractivity contribution in [2.45, 2.75) is 76.5 Å². The van der Waals surface area contributed by atoms with Crippen LogP contribution in [0, 0.1) is 23.7 Å². The molecule has 7 atom stereocenters. The summed E-state index contributed by atoms with van der Waals surface area (Å²) in [6.07, 6.45) is 4.63. The first-order chi connectivity index (χ1) is 10.8. The highest BCUT2D eigenvalue weighted by atomic mass is 16.7. The summed E-state index contributed by atoms with van der Waals surface area (Å²) in [5, 5.41) is 10.9. The van der Waals surface area contributed by atoms with Gasteiger partial charge in [0.05, 0.1) is 17.8 Å². The van der Waals surface area contributed by atoms with E-state index >= 15 is 0 Å². The Labute approximate surface area is 139 Å². The second kappa shape index (κ2) is 4.93. The SMILES string of the molecule is C=C1CC[C@H](C(C)C)[C@@H]2[C@H]1[C@H]1CC(=C)[C@@]3(O)CC[C@](C)(O3)[C@@H]2O1. The van der Waals surface area contributed by atoms with Crippen LogP contribution < -0.4 is 0 Å². The smallest absolute Gasteiger partial charge is 0.188 e. The lowest BCUT2D eigenvalue weighted by Crippen LogP contribution is -2.49. The lowest BCUT2D eigenvalue weighted by atomic mass is 9.61. The zero-order valence-corrected chi connectivity index (χ0v) is 14.7. The molecule has 0 unspecified atom stereocenters. The lowest BCUT2D eigenvalue weighted by Gasteiger charge is -2.43. The molecule has 3 heterocycles. The molecule has 4 bridgehead atoms. The first-order valence-corrected chi connectivity index (χ1v) is 9.19. The van der Waals surface area contributed by atoms with Crippen LogP contribution in [0.5, 0.6) is 0 Å². The highest BCUT2D eigenvalue weighted by molar-refractivity contribution is 5.24. The molecule has 3 heteroatoms. The van der Waals surface area contributed by atoms with Crippen molar-refractivity contribution >= 4 is 0 Å². The van der Waals surface area contributed by atoms with Crippen LogP contribution in [0.3, 0.4) is 0 Å².